The first-order chi connectivity index (χ1) is 8.76. The lowest BCUT2D eigenvalue weighted by Crippen LogP contribution is -2.31. The number of fused-ring (bicyclic) bond motifs is 1. The van der Waals surface area contributed by atoms with Crippen LogP contribution in [0.25, 0.3) is 0 Å². The van der Waals surface area contributed by atoms with Crippen molar-refractivity contribution in [3.63, 3.8) is 0 Å². The molecule has 2 N–H and O–H groups in total. The van der Waals surface area contributed by atoms with Crippen LogP contribution in [0, 0.1) is 0 Å². The topological polar surface area (TPSA) is 53.7 Å². The van der Waals surface area contributed by atoms with Crippen molar-refractivity contribution in [1.82, 2.24) is 0 Å². The number of ether oxygens (including phenoxy) is 3. The Hall–Kier alpha value is -1.10. The number of hydrogen-bond donors (Lipinski definition) is 1. The molecule has 0 saturated heterocycles. The van der Waals surface area contributed by atoms with Gasteiger partial charge in [0.2, 0.25) is 0 Å². The quantitative estimate of drug-likeness (QED) is 0.786. The van der Waals surface area contributed by atoms with Crippen molar-refractivity contribution in [2.75, 3.05) is 19.8 Å². The third-order valence-electron chi connectivity index (χ3n) is 3.05. The minimum atomic E-state index is -0.389. The van der Waals surface area contributed by atoms with Crippen molar-refractivity contribution >= 4 is 0 Å². The van der Waals surface area contributed by atoms with Gasteiger partial charge in [-0.25, -0.2) is 0 Å². The Labute approximate surface area is 108 Å². The van der Waals surface area contributed by atoms with Crippen molar-refractivity contribution in [2.45, 2.75) is 32.6 Å². The van der Waals surface area contributed by atoms with Gasteiger partial charge in [-0.1, -0.05) is 12.1 Å². The van der Waals surface area contributed by atoms with Crippen LogP contribution >= 0.6 is 0 Å². The zero-order valence-corrected chi connectivity index (χ0v) is 11.0. The molecule has 0 amide bonds. The van der Waals surface area contributed by atoms with Gasteiger partial charge in [0, 0.05) is 19.6 Å². The molecule has 18 heavy (non-hydrogen) atoms. The Kier molecular flexibility index (Phi) is 4.58. The van der Waals surface area contributed by atoms with Crippen LogP contribution in [0.5, 0.6) is 5.75 Å². The molecule has 4 nitrogen and oxygen atoms in total. The zero-order valence-electron chi connectivity index (χ0n) is 11.0. The molecule has 1 atom stereocenters. The lowest BCUT2D eigenvalue weighted by molar-refractivity contribution is -0.149. The smallest absolute Gasteiger partial charge is 0.176 e. The first-order valence-electron chi connectivity index (χ1n) is 6.50. The molecular weight excluding hydrogens is 230 g/mol. The van der Waals surface area contributed by atoms with E-state index in [9.17, 15) is 0 Å². The molecule has 1 unspecified atom stereocenters. The molecule has 0 bridgehead atoms. The van der Waals surface area contributed by atoms with Gasteiger partial charge in [0.15, 0.2) is 6.29 Å². The lowest BCUT2D eigenvalue weighted by Gasteiger charge is -2.24. The first kappa shape index (κ1) is 13.3. The van der Waals surface area contributed by atoms with Crippen LogP contribution in [0.15, 0.2) is 18.2 Å². The average molecular weight is 251 g/mol. The van der Waals surface area contributed by atoms with Crippen molar-refractivity contribution in [3.8, 4) is 5.75 Å². The summed E-state index contributed by atoms with van der Waals surface area (Å²) in [5, 5.41) is 0. The van der Waals surface area contributed by atoms with Crippen LogP contribution in [0.1, 0.15) is 31.0 Å². The Balaban J connectivity index is 2.13. The highest BCUT2D eigenvalue weighted by Gasteiger charge is 2.22. The molecule has 0 spiro atoms. The summed E-state index contributed by atoms with van der Waals surface area (Å²) < 4.78 is 16.6. The maximum Gasteiger partial charge on any atom is 0.176 e. The molecule has 1 aliphatic rings. The molecule has 1 aromatic rings. The van der Waals surface area contributed by atoms with Crippen LogP contribution < -0.4 is 10.5 Å². The second-order valence-electron chi connectivity index (χ2n) is 4.27. The van der Waals surface area contributed by atoms with E-state index >= 15 is 0 Å². The van der Waals surface area contributed by atoms with E-state index in [0.717, 1.165) is 24.3 Å². The van der Waals surface area contributed by atoms with Gasteiger partial charge in [0.25, 0.3) is 0 Å². The Morgan fingerprint density at radius 3 is 2.67 bits per heavy atom. The van der Waals surface area contributed by atoms with Gasteiger partial charge in [0.05, 0.1) is 12.6 Å². The van der Waals surface area contributed by atoms with Gasteiger partial charge >= 0.3 is 0 Å². The van der Waals surface area contributed by atoms with Crippen LogP contribution in [0.3, 0.4) is 0 Å². The zero-order chi connectivity index (χ0) is 13.0. The lowest BCUT2D eigenvalue weighted by atomic mass is 10.0. The van der Waals surface area contributed by atoms with Gasteiger partial charge in [-0.2, -0.15) is 0 Å². The fraction of sp³-hybridized carbons (Fsp3) is 0.571. The fourth-order valence-electron chi connectivity index (χ4n) is 2.15. The summed E-state index contributed by atoms with van der Waals surface area (Å²) in [4.78, 5) is 0. The molecular formula is C14H21NO3. The van der Waals surface area contributed by atoms with Crippen LogP contribution in [0.2, 0.25) is 0 Å². The monoisotopic (exact) mass is 251 g/mol. The van der Waals surface area contributed by atoms with E-state index in [1.165, 1.54) is 5.56 Å². The summed E-state index contributed by atoms with van der Waals surface area (Å²) in [5.74, 6) is 0.968. The number of rotatable bonds is 6. The highest BCUT2D eigenvalue weighted by atomic mass is 16.7. The third-order valence-corrected chi connectivity index (χ3v) is 3.05. The van der Waals surface area contributed by atoms with Gasteiger partial charge in [-0.3, -0.25) is 0 Å². The SMILES string of the molecule is CCOC(OCC)C(N)c1ccc2c(c1)CCO2. The summed E-state index contributed by atoms with van der Waals surface area (Å²) in [6.07, 6.45) is 0.560. The van der Waals surface area contributed by atoms with E-state index in [-0.39, 0.29) is 12.3 Å². The van der Waals surface area contributed by atoms with Crippen molar-refractivity contribution < 1.29 is 14.2 Å². The van der Waals surface area contributed by atoms with E-state index in [1.807, 2.05) is 26.0 Å². The molecule has 100 valence electrons. The third kappa shape index (κ3) is 2.83. The largest absolute Gasteiger partial charge is 0.493 e. The highest BCUT2D eigenvalue weighted by Crippen LogP contribution is 2.29. The average Bonchev–Trinajstić information content (AvgIpc) is 2.84. The molecule has 4 heteroatoms. The number of nitrogens with two attached hydrogens (primary N) is 1. The number of benzene rings is 1. The van der Waals surface area contributed by atoms with E-state index in [4.69, 9.17) is 19.9 Å². The molecule has 0 aromatic heterocycles. The summed E-state index contributed by atoms with van der Waals surface area (Å²) in [5.41, 5.74) is 8.47. The fourth-order valence-corrected chi connectivity index (χ4v) is 2.15. The Morgan fingerprint density at radius 2 is 2.00 bits per heavy atom. The van der Waals surface area contributed by atoms with Crippen LogP contribution in [-0.2, 0) is 15.9 Å². The Morgan fingerprint density at radius 1 is 1.28 bits per heavy atom. The summed E-state index contributed by atoms with van der Waals surface area (Å²) in [6.45, 7) is 5.82. The minimum absolute atomic E-state index is 0.268. The minimum Gasteiger partial charge on any atom is -0.493 e. The summed E-state index contributed by atoms with van der Waals surface area (Å²) in [7, 11) is 0. The second kappa shape index (κ2) is 6.18. The molecule has 1 aromatic carbocycles. The van der Waals surface area contributed by atoms with E-state index in [0.29, 0.717) is 13.2 Å². The molecule has 2 rings (SSSR count). The van der Waals surface area contributed by atoms with Crippen molar-refractivity contribution in [3.05, 3.63) is 29.3 Å². The molecule has 1 heterocycles. The predicted molar refractivity (Wildman–Crippen MR) is 69.6 cm³/mol. The van der Waals surface area contributed by atoms with Crippen LogP contribution in [-0.4, -0.2) is 26.1 Å². The van der Waals surface area contributed by atoms with Gasteiger partial charge in [0.1, 0.15) is 5.75 Å². The normalized spacial score (nSPS) is 15.6. The second-order valence-corrected chi connectivity index (χ2v) is 4.27. The summed E-state index contributed by atoms with van der Waals surface area (Å²) >= 11 is 0. The molecule has 0 radical (unpaired) electrons. The van der Waals surface area contributed by atoms with E-state index in [1.54, 1.807) is 0 Å². The van der Waals surface area contributed by atoms with Crippen molar-refractivity contribution in [2.24, 2.45) is 5.73 Å². The van der Waals surface area contributed by atoms with E-state index < -0.39 is 0 Å². The standard InChI is InChI=1S/C14H21NO3/c1-3-16-14(17-4-2)13(15)11-5-6-12-10(9-11)7-8-18-12/h5-6,9,13-14H,3-4,7-8,15H2,1-2H3. The maximum atomic E-state index is 6.21. The molecule has 0 saturated carbocycles. The van der Waals surface area contributed by atoms with Gasteiger partial charge < -0.3 is 19.9 Å². The molecule has 1 aliphatic heterocycles. The predicted octanol–water partition coefficient (Wildman–Crippen LogP) is 2.02. The van der Waals surface area contributed by atoms with Gasteiger partial charge in [-0.05, 0) is 31.0 Å². The molecule has 0 aliphatic carbocycles. The van der Waals surface area contributed by atoms with Crippen molar-refractivity contribution in [1.29, 1.82) is 0 Å². The maximum absolute atomic E-state index is 6.21. The number of hydrogen-bond acceptors (Lipinski definition) is 4. The molecule has 0 fully saturated rings. The Bertz CT molecular complexity index is 389. The van der Waals surface area contributed by atoms with Gasteiger partial charge in [-0.15, -0.1) is 0 Å². The highest BCUT2D eigenvalue weighted by molar-refractivity contribution is 5.40. The van der Waals surface area contributed by atoms with E-state index in [2.05, 4.69) is 6.07 Å². The van der Waals surface area contributed by atoms with Crippen LogP contribution in [0.4, 0.5) is 0 Å². The summed E-state index contributed by atoms with van der Waals surface area (Å²) in [6, 6.07) is 5.79. The first-order valence-corrected chi connectivity index (χ1v) is 6.50.